The van der Waals surface area contributed by atoms with E-state index in [0.29, 0.717) is 0 Å². The van der Waals surface area contributed by atoms with Crippen LogP contribution >= 0.6 is 0 Å². The molecule has 2 heterocycles. The molecule has 0 aliphatic heterocycles. The van der Waals surface area contributed by atoms with Gasteiger partial charge in [-0.2, -0.15) is 0 Å². The Morgan fingerprint density at radius 1 is 1.32 bits per heavy atom. The van der Waals surface area contributed by atoms with E-state index in [1.54, 1.807) is 0 Å². The summed E-state index contributed by atoms with van der Waals surface area (Å²) in [6, 6.07) is 6.25. The van der Waals surface area contributed by atoms with Crippen LogP contribution in [0.4, 0.5) is 0 Å². The number of aromatic amines is 1. The van der Waals surface area contributed by atoms with Crippen molar-refractivity contribution in [1.29, 1.82) is 0 Å². The SMILES string of the molecule is CCn1ccnc1CN(C)CCc1nc2c(C)cccc2[nH]1. The van der Waals surface area contributed by atoms with Gasteiger partial charge >= 0.3 is 0 Å². The van der Waals surface area contributed by atoms with E-state index < -0.39 is 0 Å². The van der Waals surface area contributed by atoms with Gasteiger partial charge in [0.25, 0.3) is 0 Å². The molecule has 0 aliphatic carbocycles. The summed E-state index contributed by atoms with van der Waals surface area (Å²) in [6.45, 7) is 7.02. The maximum Gasteiger partial charge on any atom is 0.122 e. The Balaban J connectivity index is 1.62. The zero-order valence-corrected chi connectivity index (χ0v) is 13.5. The molecule has 0 saturated heterocycles. The summed E-state index contributed by atoms with van der Waals surface area (Å²) in [5, 5.41) is 0. The number of para-hydroxylation sites is 1. The number of imidazole rings is 2. The van der Waals surface area contributed by atoms with Gasteiger partial charge in [-0.15, -0.1) is 0 Å². The van der Waals surface area contributed by atoms with Gasteiger partial charge < -0.3 is 9.55 Å². The molecule has 1 aromatic carbocycles. The van der Waals surface area contributed by atoms with Crippen molar-refractivity contribution in [3.63, 3.8) is 0 Å². The zero-order valence-electron chi connectivity index (χ0n) is 13.5. The average molecular weight is 297 g/mol. The molecule has 2 aromatic heterocycles. The second-order valence-electron chi connectivity index (χ2n) is 5.77. The van der Waals surface area contributed by atoms with Crippen molar-refractivity contribution >= 4 is 11.0 Å². The topological polar surface area (TPSA) is 49.7 Å². The maximum absolute atomic E-state index is 4.71. The van der Waals surface area contributed by atoms with Gasteiger partial charge in [-0.3, -0.25) is 4.90 Å². The van der Waals surface area contributed by atoms with Gasteiger partial charge in [-0.1, -0.05) is 12.1 Å². The van der Waals surface area contributed by atoms with Crippen molar-refractivity contribution in [2.24, 2.45) is 0 Å². The van der Waals surface area contributed by atoms with Crippen LogP contribution in [0.2, 0.25) is 0 Å². The number of hydrogen-bond acceptors (Lipinski definition) is 3. The van der Waals surface area contributed by atoms with Crippen LogP contribution in [-0.4, -0.2) is 38.0 Å². The number of likely N-dealkylation sites (N-methyl/N-ethyl adjacent to an activating group) is 1. The van der Waals surface area contributed by atoms with Crippen LogP contribution < -0.4 is 0 Å². The highest BCUT2D eigenvalue weighted by Gasteiger charge is 2.08. The lowest BCUT2D eigenvalue weighted by Gasteiger charge is -2.16. The van der Waals surface area contributed by atoms with Crippen molar-refractivity contribution in [2.75, 3.05) is 13.6 Å². The summed E-state index contributed by atoms with van der Waals surface area (Å²) in [5.74, 6) is 2.17. The van der Waals surface area contributed by atoms with Crippen molar-refractivity contribution in [3.05, 3.63) is 47.8 Å². The molecule has 0 fully saturated rings. The minimum atomic E-state index is 0.861. The predicted molar refractivity (Wildman–Crippen MR) is 88.8 cm³/mol. The molecule has 5 heteroatoms. The van der Waals surface area contributed by atoms with Gasteiger partial charge in [0.2, 0.25) is 0 Å². The van der Waals surface area contributed by atoms with E-state index in [0.717, 1.165) is 48.7 Å². The van der Waals surface area contributed by atoms with E-state index in [4.69, 9.17) is 4.98 Å². The van der Waals surface area contributed by atoms with Crippen LogP contribution in [0.1, 0.15) is 24.1 Å². The minimum absolute atomic E-state index is 0.861. The van der Waals surface area contributed by atoms with Gasteiger partial charge in [0.15, 0.2) is 0 Å². The first-order valence-electron chi connectivity index (χ1n) is 7.80. The molecule has 22 heavy (non-hydrogen) atoms. The fourth-order valence-electron chi connectivity index (χ4n) is 2.74. The van der Waals surface area contributed by atoms with E-state index in [-0.39, 0.29) is 0 Å². The largest absolute Gasteiger partial charge is 0.342 e. The second kappa shape index (κ2) is 6.32. The number of aromatic nitrogens is 4. The second-order valence-corrected chi connectivity index (χ2v) is 5.77. The summed E-state index contributed by atoms with van der Waals surface area (Å²) in [4.78, 5) is 14.8. The lowest BCUT2D eigenvalue weighted by Crippen LogP contribution is -2.23. The Morgan fingerprint density at radius 3 is 2.95 bits per heavy atom. The van der Waals surface area contributed by atoms with Gasteiger partial charge in [0.1, 0.15) is 11.6 Å². The van der Waals surface area contributed by atoms with Crippen molar-refractivity contribution in [1.82, 2.24) is 24.4 Å². The van der Waals surface area contributed by atoms with Crippen LogP contribution in [0.5, 0.6) is 0 Å². The number of nitrogens with zero attached hydrogens (tertiary/aromatic N) is 4. The van der Waals surface area contributed by atoms with Gasteiger partial charge in [-0.25, -0.2) is 9.97 Å². The Morgan fingerprint density at radius 2 is 2.18 bits per heavy atom. The van der Waals surface area contributed by atoms with Crippen molar-refractivity contribution in [3.8, 4) is 0 Å². The molecule has 0 amide bonds. The summed E-state index contributed by atoms with van der Waals surface area (Å²) in [7, 11) is 2.13. The molecule has 0 unspecified atom stereocenters. The molecule has 1 N–H and O–H groups in total. The number of hydrogen-bond donors (Lipinski definition) is 1. The van der Waals surface area contributed by atoms with Crippen molar-refractivity contribution in [2.45, 2.75) is 33.4 Å². The number of aryl methyl sites for hydroxylation is 2. The molecule has 0 spiro atoms. The molecule has 0 radical (unpaired) electrons. The molecule has 3 aromatic rings. The molecule has 0 saturated carbocycles. The fraction of sp³-hybridized carbons (Fsp3) is 0.412. The lowest BCUT2D eigenvalue weighted by molar-refractivity contribution is 0.315. The van der Waals surface area contributed by atoms with E-state index in [1.165, 1.54) is 5.56 Å². The van der Waals surface area contributed by atoms with Gasteiger partial charge in [-0.05, 0) is 32.5 Å². The molecule has 0 aliphatic rings. The standard InChI is InChI=1S/C17H23N5/c1-4-22-11-9-18-16(22)12-21(3)10-8-15-19-14-7-5-6-13(2)17(14)20-15/h5-7,9,11H,4,8,10,12H2,1-3H3,(H,19,20). The number of fused-ring (bicyclic) bond motifs is 1. The van der Waals surface area contributed by atoms with E-state index >= 15 is 0 Å². The zero-order chi connectivity index (χ0) is 15.5. The summed E-state index contributed by atoms with van der Waals surface area (Å²) in [6.07, 6.45) is 4.82. The molecule has 0 atom stereocenters. The van der Waals surface area contributed by atoms with E-state index in [9.17, 15) is 0 Å². The third kappa shape index (κ3) is 3.04. The van der Waals surface area contributed by atoms with Crippen LogP contribution in [0.15, 0.2) is 30.6 Å². The monoisotopic (exact) mass is 297 g/mol. The number of rotatable bonds is 6. The van der Waals surface area contributed by atoms with Crippen LogP contribution in [0.25, 0.3) is 11.0 Å². The number of H-pyrrole nitrogens is 1. The molecule has 5 nitrogen and oxygen atoms in total. The Bertz CT molecular complexity index is 755. The highest BCUT2D eigenvalue weighted by atomic mass is 15.2. The quantitative estimate of drug-likeness (QED) is 0.761. The first-order valence-corrected chi connectivity index (χ1v) is 7.80. The first-order chi connectivity index (χ1) is 10.7. The molecule has 3 rings (SSSR count). The first kappa shape index (κ1) is 14.8. The highest BCUT2D eigenvalue weighted by molar-refractivity contribution is 5.78. The summed E-state index contributed by atoms with van der Waals surface area (Å²) >= 11 is 0. The number of benzene rings is 1. The van der Waals surface area contributed by atoms with E-state index in [2.05, 4.69) is 58.5 Å². The molecular weight excluding hydrogens is 274 g/mol. The third-order valence-corrected chi connectivity index (χ3v) is 4.05. The number of nitrogens with one attached hydrogen (secondary N) is 1. The highest BCUT2D eigenvalue weighted by Crippen LogP contribution is 2.15. The van der Waals surface area contributed by atoms with E-state index in [1.807, 2.05) is 12.4 Å². The maximum atomic E-state index is 4.71. The lowest BCUT2D eigenvalue weighted by atomic mass is 10.2. The predicted octanol–water partition coefficient (Wildman–Crippen LogP) is 2.76. The minimum Gasteiger partial charge on any atom is -0.342 e. The van der Waals surface area contributed by atoms with Gasteiger partial charge in [0, 0.05) is 31.9 Å². The fourth-order valence-corrected chi connectivity index (χ4v) is 2.74. The Hall–Kier alpha value is -2.14. The Kier molecular flexibility index (Phi) is 4.24. The third-order valence-electron chi connectivity index (χ3n) is 4.05. The molecular formula is C17H23N5. The van der Waals surface area contributed by atoms with Crippen molar-refractivity contribution < 1.29 is 0 Å². The average Bonchev–Trinajstić information content (AvgIpc) is 3.12. The Labute approximate surface area is 131 Å². The van der Waals surface area contributed by atoms with Crippen LogP contribution in [0, 0.1) is 6.92 Å². The molecule has 116 valence electrons. The normalized spacial score (nSPS) is 11.6. The summed E-state index contributed by atoms with van der Waals surface area (Å²) in [5.41, 5.74) is 3.43. The molecule has 0 bridgehead atoms. The van der Waals surface area contributed by atoms with Gasteiger partial charge in [0.05, 0.1) is 17.6 Å². The summed E-state index contributed by atoms with van der Waals surface area (Å²) < 4.78 is 2.18. The smallest absolute Gasteiger partial charge is 0.122 e. The van der Waals surface area contributed by atoms with Crippen LogP contribution in [-0.2, 0) is 19.5 Å². The van der Waals surface area contributed by atoms with Crippen LogP contribution in [0.3, 0.4) is 0 Å².